The maximum atomic E-state index is 13.6. The van der Waals surface area contributed by atoms with Gasteiger partial charge in [-0.3, -0.25) is 9.59 Å². The number of amides is 5. The molecule has 0 spiro atoms. The van der Waals surface area contributed by atoms with Gasteiger partial charge in [-0.05, 0) is 18.6 Å². The molecule has 0 radical (unpaired) electrons. The average molecular weight is 883 g/mol. The standard InChI is InChI=1S/C36H38ClIN11O4S/c1-21-4-3-5-27(37)32(21)44-33(51)28-18-39-35(54-28)42-29-17-30(41-22(2)40-29)45-12-14-46(15-13-45)38-34(52)49-20-25-16-26(49)19-48(25)24-8-6-23(7-9-24)47-11-10-31(50)43-36(47)53/h3-9,17-18,25-26H,10-16,19-20H2,1-2H3,(H,44,51)(H,43,50,53)(H,39,40,41,42)/q-1. The van der Waals surface area contributed by atoms with E-state index in [0.717, 1.165) is 68.4 Å². The molecule has 2 atom stereocenters. The monoisotopic (exact) mass is 882 g/mol. The van der Waals surface area contributed by atoms with Gasteiger partial charge in [-0.1, -0.05) is 23.7 Å². The van der Waals surface area contributed by atoms with Crippen molar-refractivity contribution in [3.8, 4) is 0 Å². The van der Waals surface area contributed by atoms with Crippen LogP contribution in [0.1, 0.15) is 33.9 Å². The summed E-state index contributed by atoms with van der Waals surface area (Å²) < 4.78 is 2.60. The van der Waals surface area contributed by atoms with Gasteiger partial charge in [0, 0.05) is 0 Å². The summed E-state index contributed by atoms with van der Waals surface area (Å²) >= 11 is 6.70. The van der Waals surface area contributed by atoms with E-state index in [4.69, 9.17) is 16.6 Å². The number of carbonyl (C=O) groups excluding carboxylic acids is 4. The number of fused-ring (bicyclic) bond motifs is 2. The van der Waals surface area contributed by atoms with E-state index in [2.05, 4.69) is 43.7 Å². The van der Waals surface area contributed by atoms with E-state index in [1.807, 2.05) is 56.3 Å². The maximum absolute atomic E-state index is 13.6. The summed E-state index contributed by atoms with van der Waals surface area (Å²) in [5, 5.41) is 9.50. The van der Waals surface area contributed by atoms with Crippen molar-refractivity contribution < 1.29 is 40.7 Å². The van der Waals surface area contributed by atoms with Crippen LogP contribution in [-0.4, -0.2) is 103 Å². The first-order valence-electron chi connectivity index (χ1n) is 17.7. The Labute approximate surface area is 331 Å². The molecule has 4 aliphatic heterocycles. The fraction of sp³-hybridized carbons (Fsp3) is 0.361. The molecular formula is C36H38ClIN11O4S-. The van der Waals surface area contributed by atoms with Crippen molar-refractivity contribution in [1.29, 1.82) is 0 Å². The molecular weight excluding hydrogens is 845 g/mol. The van der Waals surface area contributed by atoms with Crippen molar-refractivity contribution in [1.82, 2.24) is 28.3 Å². The zero-order chi connectivity index (χ0) is 37.5. The Morgan fingerprint density at radius 3 is 2.46 bits per heavy atom. The SMILES string of the molecule is Cc1nc(Nc2ncc(C(=O)Nc3c(C)cccc3Cl)s2)cc(N2CCN([I-]C(=O)N3CC4CC3CN4c3ccc(N4CCC(=O)NC4=O)cc3)CC2)n1. The predicted octanol–water partition coefficient (Wildman–Crippen LogP) is 1.85. The Balaban J connectivity index is 0.815. The molecule has 15 nitrogen and oxygen atoms in total. The normalized spacial score (nSPS) is 20.1. The molecule has 8 rings (SSSR count). The van der Waals surface area contributed by atoms with Gasteiger partial charge in [0.05, 0.1) is 10.7 Å². The first-order valence-corrected chi connectivity index (χ1v) is 20.9. The van der Waals surface area contributed by atoms with Crippen LogP contribution in [0, 0.1) is 13.8 Å². The van der Waals surface area contributed by atoms with Gasteiger partial charge in [0.25, 0.3) is 0 Å². The van der Waals surface area contributed by atoms with Crippen molar-refractivity contribution in [2.75, 3.05) is 71.1 Å². The van der Waals surface area contributed by atoms with E-state index >= 15 is 0 Å². The Morgan fingerprint density at radius 2 is 1.74 bits per heavy atom. The Hall–Kier alpha value is -4.59. The van der Waals surface area contributed by atoms with E-state index < -0.39 is 21.5 Å². The molecule has 0 saturated carbocycles. The van der Waals surface area contributed by atoms with Crippen LogP contribution in [0.4, 0.5) is 43.4 Å². The molecule has 18 heteroatoms. The molecule has 282 valence electrons. The van der Waals surface area contributed by atoms with Crippen LogP contribution >= 0.6 is 22.9 Å². The number of urea groups is 1. The fourth-order valence-corrected chi connectivity index (χ4v) is 10.6. The summed E-state index contributed by atoms with van der Waals surface area (Å²) in [6.45, 7) is 8.69. The first kappa shape index (κ1) is 36.4. The molecule has 5 amide bonds. The van der Waals surface area contributed by atoms with Crippen molar-refractivity contribution in [3.63, 3.8) is 0 Å². The van der Waals surface area contributed by atoms with Gasteiger partial charge in [-0.25, -0.2) is 0 Å². The van der Waals surface area contributed by atoms with Crippen molar-refractivity contribution in [2.45, 2.75) is 38.8 Å². The average Bonchev–Trinajstić information content (AvgIpc) is 3.91. The van der Waals surface area contributed by atoms with Gasteiger partial charge in [0.1, 0.15) is 0 Å². The Morgan fingerprint density at radius 1 is 0.963 bits per heavy atom. The van der Waals surface area contributed by atoms with Crippen LogP contribution in [0.15, 0.2) is 54.7 Å². The van der Waals surface area contributed by atoms with Gasteiger partial charge < -0.3 is 5.32 Å². The second kappa shape index (κ2) is 15.3. The van der Waals surface area contributed by atoms with Crippen molar-refractivity contribution >= 4 is 78.5 Å². The van der Waals surface area contributed by atoms with E-state index in [9.17, 15) is 19.2 Å². The predicted molar refractivity (Wildman–Crippen MR) is 204 cm³/mol. The van der Waals surface area contributed by atoms with Gasteiger partial charge in [-0.2, -0.15) is 0 Å². The third-order valence-corrected chi connectivity index (χ3v) is 13.9. The van der Waals surface area contributed by atoms with Crippen molar-refractivity contribution in [2.24, 2.45) is 0 Å². The molecule has 2 aromatic carbocycles. The quantitative estimate of drug-likeness (QED) is 0.0976. The summed E-state index contributed by atoms with van der Waals surface area (Å²) in [5.41, 5.74) is 3.30. The molecule has 6 heterocycles. The molecule has 4 aromatic rings. The second-order valence-corrected chi connectivity index (χ2v) is 17.8. The number of anilines is 6. The third kappa shape index (κ3) is 7.67. The zero-order valence-electron chi connectivity index (χ0n) is 29.6. The first-order chi connectivity index (χ1) is 26.1. The second-order valence-electron chi connectivity index (χ2n) is 13.6. The third-order valence-electron chi connectivity index (χ3n) is 10.0. The summed E-state index contributed by atoms with van der Waals surface area (Å²) in [6.07, 6.45) is 2.78. The Kier molecular flexibility index (Phi) is 10.3. The minimum atomic E-state index is -0.819. The van der Waals surface area contributed by atoms with Gasteiger partial charge in [-0.15, -0.1) is 0 Å². The van der Waals surface area contributed by atoms with E-state index in [-0.39, 0.29) is 33.8 Å². The molecule has 3 N–H and O–H groups in total. The molecule has 2 bridgehead atoms. The number of nitrogens with zero attached hydrogens (tertiary/aromatic N) is 8. The Bertz CT molecular complexity index is 2090. The summed E-state index contributed by atoms with van der Waals surface area (Å²) in [4.78, 5) is 72.6. The number of halogens is 2. The molecule has 4 aliphatic rings. The molecule has 4 saturated heterocycles. The number of hydrogen-bond donors (Lipinski definition) is 3. The van der Waals surface area contributed by atoms with Crippen LogP contribution in [0.5, 0.6) is 0 Å². The number of piperazine rings is 2. The van der Waals surface area contributed by atoms with E-state index in [0.29, 0.717) is 45.3 Å². The van der Waals surface area contributed by atoms with Crippen LogP contribution in [0.25, 0.3) is 0 Å². The number of para-hydroxylation sites is 1. The summed E-state index contributed by atoms with van der Waals surface area (Å²) in [7, 11) is 0. The van der Waals surface area contributed by atoms with Gasteiger partial charge in [0.2, 0.25) is 5.91 Å². The number of aryl methyl sites for hydroxylation is 2. The van der Waals surface area contributed by atoms with Crippen LogP contribution in [-0.2, 0) is 4.79 Å². The molecule has 2 unspecified atom stereocenters. The van der Waals surface area contributed by atoms with Crippen LogP contribution in [0.2, 0.25) is 5.02 Å². The summed E-state index contributed by atoms with van der Waals surface area (Å²) in [6, 6.07) is 15.3. The topological polar surface area (TPSA) is 159 Å². The van der Waals surface area contributed by atoms with Crippen LogP contribution < -0.4 is 52.1 Å². The van der Waals surface area contributed by atoms with E-state index in [1.165, 1.54) is 17.5 Å². The van der Waals surface area contributed by atoms with Crippen LogP contribution in [0.3, 0.4) is 0 Å². The minimum absolute atomic E-state index is 0.201. The number of hydrogen-bond acceptors (Lipinski definition) is 12. The summed E-state index contributed by atoms with van der Waals surface area (Å²) in [5.74, 6) is 1.47. The molecule has 4 fully saturated rings. The van der Waals surface area contributed by atoms with E-state index in [1.54, 1.807) is 11.0 Å². The van der Waals surface area contributed by atoms with Gasteiger partial charge in [0.15, 0.2) is 0 Å². The number of likely N-dealkylation sites (tertiary alicyclic amines) is 1. The fourth-order valence-electron chi connectivity index (χ4n) is 7.27. The number of benzene rings is 2. The number of rotatable bonds is 9. The number of carbonyl (C=O) groups is 4. The molecule has 54 heavy (non-hydrogen) atoms. The van der Waals surface area contributed by atoms with Crippen molar-refractivity contribution in [3.05, 3.63) is 76.0 Å². The van der Waals surface area contributed by atoms with Gasteiger partial charge >= 0.3 is 260 Å². The number of nitrogens with one attached hydrogen (secondary N) is 3. The molecule has 2 aromatic heterocycles. The number of imide groups is 1. The molecule has 0 aliphatic carbocycles. The zero-order valence-corrected chi connectivity index (χ0v) is 33.3. The number of aromatic nitrogens is 3. The number of thiazole rings is 1.